The van der Waals surface area contributed by atoms with Gasteiger partial charge in [-0.1, -0.05) is 68.8 Å². The Bertz CT molecular complexity index is 895. The summed E-state index contributed by atoms with van der Waals surface area (Å²) in [7, 11) is 0. The molecule has 0 unspecified atom stereocenters. The first-order valence-corrected chi connectivity index (χ1v) is 9.93. The first-order chi connectivity index (χ1) is 14.2. The maximum absolute atomic E-state index is 13.1. The Morgan fingerprint density at radius 3 is 2.30 bits per heavy atom. The van der Waals surface area contributed by atoms with Gasteiger partial charge in [0.1, 0.15) is 12.6 Å². The SMILES string of the molecule is CC[C@H](C)[C@H](NC(=O)C(C)(C)c1ccccc1[N+](=O)[O-])C(=O)OCc1ccccc1. The van der Waals surface area contributed by atoms with Gasteiger partial charge in [0, 0.05) is 11.6 Å². The molecule has 2 rings (SSSR count). The van der Waals surface area contributed by atoms with Crippen LogP contribution in [0.1, 0.15) is 45.2 Å². The van der Waals surface area contributed by atoms with Gasteiger partial charge in [-0.15, -0.1) is 0 Å². The molecule has 0 saturated heterocycles. The molecule has 0 bridgehead atoms. The maximum Gasteiger partial charge on any atom is 0.329 e. The minimum absolute atomic E-state index is 0.107. The van der Waals surface area contributed by atoms with Crippen molar-refractivity contribution in [3.63, 3.8) is 0 Å². The molecule has 7 heteroatoms. The van der Waals surface area contributed by atoms with Crippen LogP contribution < -0.4 is 5.32 Å². The Morgan fingerprint density at radius 1 is 1.10 bits per heavy atom. The molecular formula is C23H28N2O5. The number of hydrogen-bond acceptors (Lipinski definition) is 5. The average Bonchev–Trinajstić information content (AvgIpc) is 2.75. The number of benzene rings is 2. The van der Waals surface area contributed by atoms with Gasteiger partial charge in [0.25, 0.3) is 5.69 Å². The second kappa shape index (κ2) is 10.0. The summed E-state index contributed by atoms with van der Waals surface area (Å²) in [5.74, 6) is -1.17. The molecule has 0 heterocycles. The smallest absolute Gasteiger partial charge is 0.329 e. The number of nitro groups is 1. The Balaban J connectivity index is 2.20. The second-order valence-corrected chi connectivity index (χ2v) is 7.83. The van der Waals surface area contributed by atoms with Gasteiger partial charge in [-0.25, -0.2) is 4.79 Å². The van der Waals surface area contributed by atoms with E-state index in [1.807, 2.05) is 44.2 Å². The van der Waals surface area contributed by atoms with Crippen LogP contribution in [0.15, 0.2) is 54.6 Å². The van der Waals surface area contributed by atoms with E-state index in [1.54, 1.807) is 32.0 Å². The van der Waals surface area contributed by atoms with Crippen LogP contribution in [0.4, 0.5) is 5.69 Å². The molecule has 0 aromatic heterocycles. The molecule has 0 aliphatic rings. The Kier molecular flexibility index (Phi) is 7.69. The quantitative estimate of drug-likeness (QED) is 0.379. The summed E-state index contributed by atoms with van der Waals surface area (Å²) in [6.45, 7) is 7.09. The van der Waals surface area contributed by atoms with Gasteiger partial charge in [-0.2, -0.15) is 0 Å². The van der Waals surface area contributed by atoms with Crippen molar-refractivity contribution in [2.75, 3.05) is 0 Å². The minimum atomic E-state index is -1.21. The lowest BCUT2D eigenvalue weighted by Gasteiger charge is -2.29. The topological polar surface area (TPSA) is 98.5 Å². The van der Waals surface area contributed by atoms with Crippen LogP contribution in [0, 0.1) is 16.0 Å². The first-order valence-electron chi connectivity index (χ1n) is 9.93. The van der Waals surface area contributed by atoms with Gasteiger partial charge in [0.05, 0.1) is 10.3 Å². The van der Waals surface area contributed by atoms with Crippen LogP contribution >= 0.6 is 0 Å². The molecule has 0 fully saturated rings. The summed E-state index contributed by atoms with van der Waals surface area (Å²) < 4.78 is 5.43. The van der Waals surface area contributed by atoms with Crippen molar-refractivity contribution in [1.82, 2.24) is 5.32 Å². The number of nitrogens with one attached hydrogen (secondary N) is 1. The van der Waals surface area contributed by atoms with E-state index in [0.29, 0.717) is 6.42 Å². The van der Waals surface area contributed by atoms with Crippen LogP contribution in [0.2, 0.25) is 0 Å². The number of nitro benzene ring substituents is 1. The normalized spacial score (nSPS) is 13.2. The number of esters is 1. The summed E-state index contributed by atoms with van der Waals surface area (Å²) >= 11 is 0. The summed E-state index contributed by atoms with van der Waals surface area (Å²) in [4.78, 5) is 36.7. The standard InChI is InChI=1S/C23H28N2O5/c1-5-16(2)20(21(26)30-15-17-11-7-6-8-12-17)24-22(27)23(3,4)18-13-9-10-14-19(18)25(28)29/h6-14,16,20H,5,15H2,1-4H3,(H,24,27)/t16-,20-/m0/s1. The van der Waals surface area contributed by atoms with E-state index >= 15 is 0 Å². The maximum atomic E-state index is 13.1. The molecule has 0 saturated carbocycles. The molecule has 30 heavy (non-hydrogen) atoms. The molecular weight excluding hydrogens is 384 g/mol. The van der Waals surface area contributed by atoms with Gasteiger partial charge in [-0.05, 0) is 25.3 Å². The van der Waals surface area contributed by atoms with Crippen molar-refractivity contribution in [2.45, 2.75) is 52.2 Å². The summed E-state index contributed by atoms with van der Waals surface area (Å²) in [6, 6.07) is 14.6. The van der Waals surface area contributed by atoms with Gasteiger partial charge in [0.15, 0.2) is 0 Å². The zero-order valence-electron chi connectivity index (χ0n) is 17.8. The van der Waals surface area contributed by atoms with Crippen molar-refractivity contribution in [1.29, 1.82) is 0 Å². The molecule has 0 aliphatic carbocycles. The number of carbonyl (C=O) groups excluding carboxylic acids is 2. The largest absolute Gasteiger partial charge is 0.459 e. The van der Waals surface area contributed by atoms with E-state index in [-0.39, 0.29) is 23.8 Å². The lowest BCUT2D eigenvalue weighted by molar-refractivity contribution is -0.385. The number of nitrogens with zero attached hydrogens (tertiary/aromatic N) is 1. The summed E-state index contributed by atoms with van der Waals surface area (Å²) in [6.07, 6.45) is 0.650. The van der Waals surface area contributed by atoms with Gasteiger partial charge < -0.3 is 10.1 Å². The monoisotopic (exact) mass is 412 g/mol. The zero-order chi connectivity index (χ0) is 22.3. The molecule has 0 aliphatic heterocycles. The Hall–Kier alpha value is -3.22. The lowest BCUT2D eigenvalue weighted by Crippen LogP contribution is -2.51. The van der Waals surface area contributed by atoms with Crippen molar-refractivity contribution >= 4 is 17.6 Å². The van der Waals surface area contributed by atoms with E-state index in [2.05, 4.69) is 5.32 Å². The third-order valence-corrected chi connectivity index (χ3v) is 5.32. The average molecular weight is 412 g/mol. The number of rotatable bonds is 9. The molecule has 0 radical (unpaired) electrons. The summed E-state index contributed by atoms with van der Waals surface area (Å²) in [5.41, 5.74) is -0.215. The fourth-order valence-corrected chi connectivity index (χ4v) is 3.09. The molecule has 1 N–H and O–H groups in total. The van der Waals surface area contributed by atoms with Gasteiger partial charge in [-0.3, -0.25) is 14.9 Å². The molecule has 2 aromatic carbocycles. The lowest BCUT2D eigenvalue weighted by atomic mass is 9.82. The molecule has 2 atom stereocenters. The van der Waals surface area contributed by atoms with Gasteiger partial charge >= 0.3 is 5.97 Å². The van der Waals surface area contributed by atoms with Crippen LogP contribution in [-0.4, -0.2) is 22.8 Å². The van der Waals surface area contributed by atoms with E-state index in [9.17, 15) is 19.7 Å². The predicted octanol–water partition coefficient (Wildman–Crippen LogP) is 4.15. The van der Waals surface area contributed by atoms with Crippen molar-refractivity contribution in [3.8, 4) is 0 Å². The minimum Gasteiger partial charge on any atom is -0.459 e. The van der Waals surface area contributed by atoms with E-state index in [1.165, 1.54) is 6.07 Å². The van der Waals surface area contributed by atoms with Crippen LogP contribution in [0.3, 0.4) is 0 Å². The van der Waals surface area contributed by atoms with Crippen molar-refractivity contribution in [3.05, 3.63) is 75.8 Å². The molecule has 0 spiro atoms. The highest BCUT2D eigenvalue weighted by Gasteiger charge is 2.38. The summed E-state index contributed by atoms with van der Waals surface area (Å²) in [5, 5.41) is 14.2. The first kappa shape index (κ1) is 23.1. The van der Waals surface area contributed by atoms with Crippen molar-refractivity contribution in [2.24, 2.45) is 5.92 Å². The number of ether oxygens (including phenoxy) is 1. The fraction of sp³-hybridized carbons (Fsp3) is 0.391. The number of para-hydroxylation sites is 1. The highest BCUT2D eigenvalue weighted by atomic mass is 16.6. The number of hydrogen-bond donors (Lipinski definition) is 1. The molecule has 1 amide bonds. The third kappa shape index (κ3) is 5.43. The Morgan fingerprint density at radius 2 is 1.70 bits per heavy atom. The van der Waals surface area contributed by atoms with Crippen LogP contribution in [0.25, 0.3) is 0 Å². The van der Waals surface area contributed by atoms with E-state index in [4.69, 9.17) is 4.74 Å². The van der Waals surface area contributed by atoms with E-state index in [0.717, 1.165) is 5.56 Å². The van der Waals surface area contributed by atoms with Crippen LogP contribution in [-0.2, 0) is 26.3 Å². The molecule has 2 aromatic rings. The van der Waals surface area contributed by atoms with E-state index < -0.39 is 28.3 Å². The van der Waals surface area contributed by atoms with Gasteiger partial charge in [0.2, 0.25) is 5.91 Å². The number of carbonyl (C=O) groups is 2. The van der Waals surface area contributed by atoms with Crippen molar-refractivity contribution < 1.29 is 19.2 Å². The fourth-order valence-electron chi connectivity index (χ4n) is 3.09. The Labute approximate surface area is 176 Å². The van der Waals surface area contributed by atoms with Crippen LogP contribution in [0.5, 0.6) is 0 Å². The highest BCUT2D eigenvalue weighted by Crippen LogP contribution is 2.32. The molecule has 160 valence electrons. The zero-order valence-corrected chi connectivity index (χ0v) is 17.8. The number of amides is 1. The predicted molar refractivity (Wildman–Crippen MR) is 114 cm³/mol. The third-order valence-electron chi connectivity index (χ3n) is 5.32. The second-order valence-electron chi connectivity index (χ2n) is 7.83. The highest BCUT2D eigenvalue weighted by molar-refractivity contribution is 5.92. The molecule has 7 nitrogen and oxygen atoms in total.